The van der Waals surface area contributed by atoms with Crippen LogP contribution in [0.4, 0.5) is 0 Å². The number of hydrogen-bond donors (Lipinski definition) is 0. The molecule has 2 aromatic rings. The molecule has 0 spiro atoms. The number of benzene rings is 1. The van der Waals surface area contributed by atoms with Crippen molar-refractivity contribution in [3.63, 3.8) is 0 Å². The maximum absolute atomic E-state index is 10.9. The summed E-state index contributed by atoms with van der Waals surface area (Å²) in [5, 5.41) is 11.8. The van der Waals surface area contributed by atoms with Gasteiger partial charge in [-0.05, 0) is 31.0 Å². The molecule has 4 heteroatoms. The van der Waals surface area contributed by atoms with E-state index in [0.717, 1.165) is 16.5 Å². The van der Waals surface area contributed by atoms with Crippen LogP contribution in [-0.4, -0.2) is 11.0 Å². The molecular formula is C12H10LiNO2. The molecule has 0 saturated carbocycles. The van der Waals surface area contributed by atoms with Gasteiger partial charge in [-0.25, -0.2) is 0 Å². The van der Waals surface area contributed by atoms with E-state index in [4.69, 9.17) is 0 Å². The van der Waals surface area contributed by atoms with Crippen molar-refractivity contribution >= 4 is 16.9 Å². The van der Waals surface area contributed by atoms with E-state index in [1.165, 1.54) is 0 Å². The minimum atomic E-state index is -1.18. The number of fused-ring (bicyclic) bond motifs is 1. The van der Waals surface area contributed by atoms with Crippen LogP contribution in [-0.2, 0) is 0 Å². The summed E-state index contributed by atoms with van der Waals surface area (Å²) >= 11 is 0. The smallest absolute Gasteiger partial charge is 0.545 e. The van der Waals surface area contributed by atoms with Gasteiger partial charge in [0.25, 0.3) is 0 Å². The third-order valence-electron chi connectivity index (χ3n) is 2.53. The molecule has 76 valence electrons. The molecule has 0 atom stereocenters. The van der Waals surface area contributed by atoms with Gasteiger partial charge in [-0.15, -0.1) is 0 Å². The summed E-state index contributed by atoms with van der Waals surface area (Å²) in [6.45, 7) is 3.88. The molecule has 0 N–H and O–H groups in total. The fourth-order valence-corrected chi connectivity index (χ4v) is 1.80. The standard InChI is InChI=1S/C12H11NO2.Li/c1-7-3-4-9(12(14)15)11-10(7)8(2)5-6-13-11;/h3-6H,1-2H3,(H,14,15);/q;+1/p-1. The van der Waals surface area contributed by atoms with Crippen LogP contribution in [0.25, 0.3) is 10.9 Å². The van der Waals surface area contributed by atoms with E-state index in [9.17, 15) is 9.90 Å². The van der Waals surface area contributed by atoms with Crippen molar-refractivity contribution in [2.24, 2.45) is 0 Å². The van der Waals surface area contributed by atoms with E-state index in [1.54, 1.807) is 18.3 Å². The number of aromatic carboxylic acids is 1. The van der Waals surface area contributed by atoms with Gasteiger partial charge >= 0.3 is 18.9 Å². The van der Waals surface area contributed by atoms with E-state index < -0.39 is 5.97 Å². The van der Waals surface area contributed by atoms with Crippen LogP contribution in [0.15, 0.2) is 24.4 Å². The Morgan fingerprint density at radius 3 is 2.44 bits per heavy atom. The Morgan fingerprint density at radius 2 is 1.81 bits per heavy atom. The van der Waals surface area contributed by atoms with Crippen molar-refractivity contribution in [2.75, 3.05) is 0 Å². The molecule has 0 aliphatic rings. The van der Waals surface area contributed by atoms with Gasteiger partial charge in [0, 0.05) is 17.1 Å². The molecule has 1 aromatic heterocycles. The Balaban J connectivity index is 0.00000128. The first kappa shape index (κ1) is 12.8. The maximum atomic E-state index is 10.9. The largest absolute Gasteiger partial charge is 1.00 e. The molecule has 0 amide bonds. The second-order valence-electron chi connectivity index (χ2n) is 3.57. The number of nitrogens with zero attached hydrogens (tertiary/aromatic N) is 1. The predicted octanol–water partition coefficient (Wildman–Crippen LogP) is -1.78. The number of carboxylic acids is 1. The van der Waals surface area contributed by atoms with Crippen molar-refractivity contribution in [2.45, 2.75) is 13.8 Å². The molecule has 2 rings (SSSR count). The first-order valence-corrected chi connectivity index (χ1v) is 4.67. The van der Waals surface area contributed by atoms with Crippen molar-refractivity contribution in [3.05, 3.63) is 41.1 Å². The summed E-state index contributed by atoms with van der Waals surface area (Å²) in [5.74, 6) is -1.18. The molecular weight excluding hydrogens is 197 g/mol. The summed E-state index contributed by atoms with van der Waals surface area (Å²) < 4.78 is 0. The van der Waals surface area contributed by atoms with Crippen molar-refractivity contribution < 1.29 is 28.8 Å². The molecule has 1 heterocycles. The summed E-state index contributed by atoms with van der Waals surface area (Å²) in [4.78, 5) is 15.0. The number of aryl methyl sites for hydroxylation is 2. The number of hydrogen-bond acceptors (Lipinski definition) is 3. The molecule has 0 fully saturated rings. The minimum Gasteiger partial charge on any atom is -0.545 e. The number of rotatable bonds is 1. The zero-order valence-corrected chi connectivity index (χ0v) is 9.57. The Kier molecular flexibility index (Phi) is 3.74. The molecule has 16 heavy (non-hydrogen) atoms. The summed E-state index contributed by atoms with van der Waals surface area (Å²) in [7, 11) is 0. The molecule has 0 bridgehead atoms. The predicted molar refractivity (Wildman–Crippen MR) is 55.5 cm³/mol. The molecule has 0 saturated heterocycles. The van der Waals surface area contributed by atoms with E-state index in [0.29, 0.717) is 5.52 Å². The number of carbonyl (C=O) groups excluding carboxylic acids is 1. The number of pyridine rings is 1. The normalized spacial score (nSPS) is 9.88. The first-order chi connectivity index (χ1) is 7.11. The quantitative estimate of drug-likeness (QED) is 0.519. The van der Waals surface area contributed by atoms with Crippen molar-refractivity contribution in [3.8, 4) is 0 Å². The molecule has 0 aliphatic heterocycles. The zero-order chi connectivity index (χ0) is 11.0. The maximum Gasteiger partial charge on any atom is 1.00 e. The SMILES string of the molecule is Cc1ccnc2c(C(=O)[O-])ccc(C)c12.[Li+]. The Hall–Kier alpha value is -1.30. The minimum absolute atomic E-state index is 0. The summed E-state index contributed by atoms with van der Waals surface area (Å²) in [6.07, 6.45) is 1.61. The van der Waals surface area contributed by atoms with Gasteiger partial charge < -0.3 is 9.90 Å². The number of aromatic nitrogens is 1. The van der Waals surface area contributed by atoms with Crippen LogP contribution in [0.2, 0.25) is 0 Å². The van der Waals surface area contributed by atoms with Crippen molar-refractivity contribution in [1.82, 2.24) is 4.98 Å². The average molecular weight is 207 g/mol. The van der Waals surface area contributed by atoms with Crippen LogP contribution in [0.5, 0.6) is 0 Å². The monoisotopic (exact) mass is 207 g/mol. The Bertz CT molecular complexity index is 544. The number of carboxylic acid groups (broad SMARTS) is 1. The van der Waals surface area contributed by atoms with Crippen LogP contribution in [0.1, 0.15) is 21.5 Å². The first-order valence-electron chi connectivity index (χ1n) is 4.67. The number of carbonyl (C=O) groups is 1. The second kappa shape index (κ2) is 4.69. The second-order valence-corrected chi connectivity index (χ2v) is 3.57. The van der Waals surface area contributed by atoms with Crippen molar-refractivity contribution in [1.29, 1.82) is 0 Å². The molecule has 1 aromatic carbocycles. The fraction of sp³-hybridized carbons (Fsp3) is 0.167. The Labute approximate surface area is 106 Å². The third-order valence-corrected chi connectivity index (χ3v) is 2.53. The van der Waals surface area contributed by atoms with E-state index in [-0.39, 0.29) is 24.4 Å². The van der Waals surface area contributed by atoms with Crippen LogP contribution < -0.4 is 24.0 Å². The van der Waals surface area contributed by atoms with E-state index in [1.807, 2.05) is 19.9 Å². The summed E-state index contributed by atoms with van der Waals surface area (Å²) in [5.41, 5.74) is 2.72. The third kappa shape index (κ3) is 1.97. The van der Waals surface area contributed by atoms with E-state index in [2.05, 4.69) is 4.98 Å². The zero-order valence-electron chi connectivity index (χ0n) is 9.57. The van der Waals surface area contributed by atoms with Gasteiger partial charge in [0.15, 0.2) is 0 Å². The fourth-order valence-electron chi connectivity index (χ4n) is 1.80. The molecule has 0 radical (unpaired) electrons. The van der Waals surface area contributed by atoms with E-state index >= 15 is 0 Å². The Morgan fingerprint density at radius 1 is 1.19 bits per heavy atom. The molecule has 0 unspecified atom stereocenters. The van der Waals surface area contributed by atoms with Crippen LogP contribution in [0, 0.1) is 13.8 Å². The van der Waals surface area contributed by atoms with Crippen LogP contribution in [0.3, 0.4) is 0 Å². The topological polar surface area (TPSA) is 53.0 Å². The van der Waals surface area contributed by atoms with Gasteiger partial charge in [-0.3, -0.25) is 4.98 Å². The van der Waals surface area contributed by atoms with Gasteiger partial charge in [0.05, 0.1) is 11.5 Å². The van der Waals surface area contributed by atoms with Gasteiger partial charge in [0.1, 0.15) is 0 Å². The molecule has 3 nitrogen and oxygen atoms in total. The molecule has 0 aliphatic carbocycles. The van der Waals surface area contributed by atoms with Gasteiger partial charge in [-0.2, -0.15) is 0 Å². The van der Waals surface area contributed by atoms with Gasteiger partial charge in [-0.1, -0.05) is 12.1 Å². The summed E-state index contributed by atoms with van der Waals surface area (Å²) in [6, 6.07) is 5.19. The van der Waals surface area contributed by atoms with Crippen LogP contribution >= 0.6 is 0 Å². The van der Waals surface area contributed by atoms with Gasteiger partial charge in [0.2, 0.25) is 0 Å². The average Bonchev–Trinajstić information content (AvgIpc) is 2.17.